The SMILES string of the molecule is C#Cc1c(F)ccc2cc(O)cc(-c3ncc4c(NCC5(CNC(=O)C=C)CCCC5)nc(OC[C@]5(C(C)C)C[C@@H](F)CN5C5CCOCC5)nc4c3F)c12. The zero-order valence-electron chi connectivity index (χ0n) is 31.3. The van der Waals surface area contributed by atoms with Crippen LogP contribution in [0.3, 0.4) is 0 Å². The Bertz CT molecular complexity index is 2150. The number of amides is 1. The number of pyridine rings is 1. The molecule has 10 nitrogen and oxygen atoms in total. The maximum absolute atomic E-state index is 17.1. The van der Waals surface area contributed by atoms with E-state index in [2.05, 4.69) is 51.8 Å². The monoisotopic (exact) mass is 756 g/mol. The van der Waals surface area contributed by atoms with Crippen molar-refractivity contribution in [1.82, 2.24) is 25.2 Å². The van der Waals surface area contributed by atoms with Gasteiger partial charge in [-0.15, -0.1) is 6.42 Å². The van der Waals surface area contributed by atoms with Crippen molar-refractivity contribution in [2.24, 2.45) is 11.3 Å². The molecule has 1 saturated carbocycles. The van der Waals surface area contributed by atoms with Crippen molar-refractivity contribution in [3.05, 3.63) is 60.3 Å². The summed E-state index contributed by atoms with van der Waals surface area (Å²) in [4.78, 5) is 28.2. The Balaban J connectivity index is 1.32. The molecule has 3 N–H and O–H groups in total. The summed E-state index contributed by atoms with van der Waals surface area (Å²) in [6.07, 6.45) is 12.8. The summed E-state index contributed by atoms with van der Waals surface area (Å²) in [7, 11) is 0. The van der Waals surface area contributed by atoms with Crippen LogP contribution >= 0.6 is 0 Å². The Hall–Kier alpha value is -4.93. The van der Waals surface area contributed by atoms with Gasteiger partial charge in [0.1, 0.15) is 41.4 Å². The lowest BCUT2D eigenvalue weighted by Gasteiger charge is -2.46. The van der Waals surface area contributed by atoms with Crippen LogP contribution in [0.2, 0.25) is 0 Å². The first-order valence-corrected chi connectivity index (χ1v) is 19.0. The minimum absolute atomic E-state index is 0.000489. The summed E-state index contributed by atoms with van der Waals surface area (Å²) in [5, 5.41) is 17.9. The molecule has 3 aliphatic rings. The van der Waals surface area contributed by atoms with Gasteiger partial charge in [0.15, 0.2) is 5.82 Å². The Morgan fingerprint density at radius 1 is 1.20 bits per heavy atom. The average molecular weight is 757 g/mol. The molecule has 3 fully saturated rings. The molecule has 0 spiro atoms. The number of benzene rings is 2. The van der Waals surface area contributed by atoms with Crippen molar-refractivity contribution in [3.8, 4) is 35.4 Å². The molecule has 1 amide bonds. The van der Waals surface area contributed by atoms with Gasteiger partial charge in [0.2, 0.25) is 5.91 Å². The summed E-state index contributed by atoms with van der Waals surface area (Å²) in [6, 6.07) is 5.38. The molecule has 4 aromatic rings. The molecular formula is C42H47F3N6O4. The highest BCUT2D eigenvalue weighted by Crippen LogP contribution is 2.43. The highest BCUT2D eigenvalue weighted by molar-refractivity contribution is 6.03. The van der Waals surface area contributed by atoms with Crippen molar-refractivity contribution >= 4 is 33.4 Å². The molecule has 2 atom stereocenters. The number of aromatic nitrogens is 3. The minimum Gasteiger partial charge on any atom is -0.508 e. The Morgan fingerprint density at radius 2 is 1.96 bits per heavy atom. The van der Waals surface area contributed by atoms with Crippen molar-refractivity contribution < 1.29 is 32.5 Å². The molecule has 1 aliphatic carbocycles. The van der Waals surface area contributed by atoms with Gasteiger partial charge in [-0.05, 0) is 61.3 Å². The topological polar surface area (TPSA) is 122 Å². The number of carbonyl (C=O) groups excluding carboxylic acids is 1. The molecule has 2 aliphatic heterocycles. The van der Waals surface area contributed by atoms with E-state index in [4.69, 9.17) is 20.9 Å². The maximum atomic E-state index is 17.1. The minimum atomic E-state index is -1.05. The van der Waals surface area contributed by atoms with E-state index in [1.165, 1.54) is 36.5 Å². The largest absolute Gasteiger partial charge is 0.508 e. The second-order valence-corrected chi connectivity index (χ2v) is 15.5. The quantitative estimate of drug-likeness (QED) is 0.103. The number of nitrogens with zero attached hydrogens (tertiary/aromatic N) is 4. The summed E-state index contributed by atoms with van der Waals surface area (Å²) < 4.78 is 59.5. The van der Waals surface area contributed by atoms with Crippen molar-refractivity contribution in [1.29, 1.82) is 0 Å². The molecule has 290 valence electrons. The number of halogens is 3. The Kier molecular flexibility index (Phi) is 10.9. The van der Waals surface area contributed by atoms with Gasteiger partial charge in [-0.2, -0.15) is 9.97 Å². The molecule has 0 radical (unpaired) electrons. The smallest absolute Gasteiger partial charge is 0.319 e. The van der Waals surface area contributed by atoms with E-state index >= 15 is 8.78 Å². The van der Waals surface area contributed by atoms with Gasteiger partial charge in [-0.1, -0.05) is 45.3 Å². The van der Waals surface area contributed by atoms with Crippen molar-refractivity contribution in [3.63, 3.8) is 0 Å². The first kappa shape index (κ1) is 38.3. The third-order valence-electron chi connectivity index (χ3n) is 11.9. The highest BCUT2D eigenvalue weighted by atomic mass is 19.1. The standard InChI is InChI=1S/C42H47F3N6O4/c1-5-30-33(44)10-9-26-17-29(52)18-31(35(26)30)37-36(45)38-32(20-46-37)39(48-23-41(13-7-8-14-41)22-47-34(53)6-2)50-40(49-38)55-24-42(25(3)4)19-27(43)21-51(42)28-11-15-54-16-12-28/h1,6,9-10,17-18,20,25,27-28,52H,2,7-8,11-16,19,21-24H2,3-4H3,(H,47,53)(H,48,49,50)/t27-,42+/m1/s1. The summed E-state index contributed by atoms with van der Waals surface area (Å²) in [5.41, 5.74) is -1.31. The van der Waals surface area contributed by atoms with E-state index in [9.17, 15) is 14.3 Å². The number of ether oxygens (including phenoxy) is 2. The van der Waals surface area contributed by atoms with Gasteiger partial charge >= 0.3 is 6.01 Å². The van der Waals surface area contributed by atoms with Crippen LogP contribution in [-0.4, -0.2) is 88.1 Å². The number of carbonyl (C=O) groups is 1. The molecule has 4 heterocycles. The molecule has 13 heteroatoms. The summed E-state index contributed by atoms with van der Waals surface area (Å²) in [6.45, 7) is 10.0. The normalized spacial score (nSPS) is 21.6. The third-order valence-corrected chi connectivity index (χ3v) is 11.9. The van der Waals surface area contributed by atoms with E-state index in [0.717, 1.165) is 38.5 Å². The van der Waals surface area contributed by atoms with Gasteiger partial charge in [0.05, 0.1) is 16.5 Å². The molecule has 7 rings (SSSR count). The van der Waals surface area contributed by atoms with Crippen LogP contribution in [0.25, 0.3) is 32.9 Å². The molecule has 2 aromatic carbocycles. The summed E-state index contributed by atoms with van der Waals surface area (Å²) >= 11 is 0. The van der Waals surface area contributed by atoms with Crippen LogP contribution in [0.15, 0.2) is 43.1 Å². The fourth-order valence-electron chi connectivity index (χ4n) is 8.87. The third kappa shape index (κ3) is 7.42. The second kappa shape index (κ2) is 15.7. The predicted molar refractivity (Wildman–Crippen MR) is 206 cm³/mol. The fraction of sp³-hybridized carbons (Fsp3) is 0.476. The van der Waals surface area contributed by atoms with Gasteiger partial charge in [0.25, 0.3) is 0 Å². The Morgan fingerprint density at radius 3 is 2.67 bits per heavy atom. The fourth-order valence-corrected chi connectivity index (χ4v) is 8.87. The van der Waals surface area contributed by atoms with Gasteiger partial charge in [-0.25, -0.2) is 13.2 Å². The second-order valence-electron chi connectivity index (χ2n) is 15.5. The lowest BCUT2D eigenvalue weighted by atomic mass is 9.83. The first-order chi connectivity index (χ1) is 26.5. The van der Waals surface area contributed by atoms with Gasteiger partial charge < -0.3 is 25.2 Å². The lowest BCUT2D eigenvalue weighted by molar-refractivity contribution is -0.116. The van der Waals surface area contributed by atoms with Crippen LogP contribution < -0.4 is 15.4 Å². The molecule has 2 saturated heterocycles. The number of anilines is 1. The number of phenols is 1. The van der Waals surface area contributed by atoms with Crippen LogP contribution in [0.1, 0.15) is 64.4 Å². The number of hydrogen-bond donors (Lipinski definition) is 3. The van der Waals surface area contributed by atoms with E-state index in [0.29, 0.717) is 31.7 Å². The van der Waals surface area contributed by atoms with Crippen molar-refractivity contribution in [2.75, 3.05) is 44.8 Å². The number of alkyl halides is 1. The predicted octanol–water partition coefficient (Wildman–Crippen LogP) is 7.08. The molecular weight excluding hydrogens is 709 g/mol. The van der Waals surface area contributed by atoms with Gasteiger partial charge in [0, 0.05) is 67.9 Å². The number of phenolic OH excluding ortho intramolecular Hbond substituents is 1. The number of rotatable bonds is 12. The molecule has 2 aromatic heterocycles. The van der Waals surface area contributed by atoms with Crippen LogP contribution in [0.4, 0.5) is 19.0 Å². The zero-order valence-corrected chi connectivity index (χ0v) is 31.3. The van der Waals surface area contributed by atoms with E-state index in [-0.39, 0.29) is 93.5 Å². The first-order valence-electron chi connectivity index (χ1n) is 19.0. The van der Waals surface area contributed by atoms with Crippen LogP contribution in [0.5, 0.6) is 11.8 Å². The number of hydrogen-bond acceptors (Lipinski definition) is 9. The zero-order chi connectivity index (χ0) is 38.9. The average Bonchev–Trinajstić information content (AvgIpc) is 3.80. The van der Waals surface area contributed by atoms with Crippen molar-refractivity contribution in [2.45, 2.75) is 76.5 Å². The highest BCUT2D eigenvalue weighted by Gasteiger charge is 2.51. The van der Waals surface area contributed by atoms with E-state index in [1.54, 1.807) is 0 Å². The van der Waals surface area contributed by atoms with Gasteiger partial charge in [-0.3, -0.25) is 14.7 Å². The Labute approximate surface area is 318 Å². The maximum Gasteiger partial charge on any atom is 0.319 e. The lowest BCUT2D eigenvalue weighted by Crippen LogP contribution is -2.57. The van der Waals surface area contributed by atoms with Crippen LogP contribution in [-0.2, 0) is 9.53 Å². The summed E-state index contributed by atoms with van der Waals surface area (Å²) in [5.74, 6) is 0.654. The molecule has 55 heavy (non-hydrogen) atoms. The number of terminal acetylenes is 1. The van der Waals surface area contributed by atoms with E-state index < -0.39 is 23.3 Å². The molecule has 0 unspecified atom stereocenters. The number of likely N-dealkylation sites (tertiary alicyclic amines) is 1. The number of fused-ring (bicyclic) bond motifs is 2. The number of aromatic hydroxyl groups is 1. The van der Waals surface area contributed by atoms with E-state index in [1.807, 2.05) is 0 Å². The molecule has 0 bridgehead atoms. The number of nitrogens with one attached hydrogen (secondary N) is 2. The van der Waals surface area contributed by atoms with Crippen LogP contribution in [0, 0.1) is 35.3 Å².